The summed E-state index contributed by atoms with van der Waals surface area (Å²) < 4.78 is 30.0. The van der Waals surface area contributed by atoms with Crippen LogP contribution >= 0.6 is 10.8 Å². The van der Waals surface area contributed by atoms with Gasteiger partial charge in [0.1, 0.15) is 0 Å². The smallest absolute Gasteiger partial charge is 0.321 e. The Balaban J connectivity index is 3.64. The third kappa shape index (κ3) is 5.39. The standard InChI is InChI=1S/C5H10O5S2/c1-9-5(6)3-4-10-12(7,8)11-2/h3-4H2,1-2H3. The van der Waals surface area contributed by atoms with E-state index in [0.29, 0.717) is 10.8 Å². The number of carbonyl (C=O) groups is 1. The maximum atomic E-state index is 10.7. The molecule has 0 aliphatic rings. The lowest BCUT2D eigenvalue weighted by Crippen LogP contribution is -2.08. The minimum Gasteiger partial charge on any atom is -0.469 e. The molecule has 0 fully saturated rings. The van der Waals surface area contributed by atoms with Gasteiger partial charge in [-0.2, -0.15) is 8.42 Å². The van der Waals surface area contributed by atoms with E-state index in [1.54, 1.807) is 0 Å². The van der Waals surface area contributed by atoms with Gasteiger partial charge in [-0.3, -0.25) is 8.98 Å². The lowest BCUT2D eigenvalue weighted by molar-refractivity contribution is -0.141. The quantitative estimate of drug-likeness (QED) is 0.480. The Kier molecular flexibility index (Phi) is 5.27. The fourth-order valence-electron chi connectivity index (χ4n) is 0.377. The number of ether oxygens (including phenoxy) is 1. The average Bonchev–Trinajstić information content (AvgIpc) is 2.04. The lowest BCUT2D eigenvalue weighted by atomic mass is 10.5. The van der Waals surface area contributed by atoms with E-state index < -0.39 is 15.1 Å². The monoisotopic (exact) mass is 214 g/mol. The van der Waals surface area contributed by atoms with Gasteiger partial charge in [0.2, 0.25) is 0 Å². The van der Waals surface area contributed by atoms with Crippen LogP contribution < -0.4 is 0 Å². The van der Waals surface area contributed by atoms with E-state index in [1.807, 2.05) is 0 Å². The van der Waals surface area contributed by atoms with Crippen molar-refractivity contribution in [3.63, 3.8) is 0 Å². The van der Waals surface area contributed by atoms with E-state index in [0.717, 1.165) is 0 Å². The summed E-state index contributed by atoms with van der Waals surface area (Å²) in [5.74, 6) is -0.494. The van der Waals surface area contributed by atoms with Crippen LogP contribution in [0, 0.1) is 0 Å². The van der Waals surface area contributed by atoms with Crippen molar-refractivity contribution in [1.29, 1.82) is 0 Å². The highest BCUT2D eigenvalue weighted by molar-refractivity contribution is 8.70. The molecule has 0 aromatic rings. The van der Waals surface area contributed by atoms with Crippen LogP contribution in [0.4, 0.5) is 0 Å². The second kappa shape index (κ2) is 5.39. The Labute approximate surface area is 74.9 Å². The van der Waals surface area contributed by atoms with Gasteiger partial charge in [-0.1, -0.05) is 0 Å². The third-order valence-electron chi connectivity index (χ3n) is 0.966. The second-order valence-electron chi connectivity index (χ2n) is 1.72. The number of esters is 1. The van der Waals surface area contributed by atoms with E-state index in [4.69, 9.17) is 0 Å². The fraction of sp³-hybridized carbons (Fsp3) is 0.800. The Bertz CT molecular complexity index is 232. The predicted molar refractivity (Wildman–Crippen MR) is 45.0 cm³/mol. The summed E-state index contributed by atoms with van der Waals surface area (Å²) in [6.45, 7) is -0.171. The Morgan fingerprint density at radius 1 is 1.50 bits per heavy atom. The summed E-state index contributed by atoms with van der Waals surface area (Å²) in [4.78, 5) is 10.5. The second-order valence-corrected chi connectivity index (χ2v) is 5.33. The number of carbonyl (C=O) groups excluding carboxylic acids is 1. The topological polar surface area (TPSA) is 69.7 Å². The van der Waals surface area contributed by atoms with Crippen molar-refractivity contribution in [2.75, 3.05) is 20.0 Å². The van der Waals surface area contributed by atoms with E-state index >= 15 is 0 Å². The SMILES string of the molecule is COC(=O)CCOS(=O)(=O)SC. The van der Waals surface area contributed by atoms with Gasteiger partial charge in [0.15, 0.2) is 0 Å². The highest BCUT2D eigenvalue weighted by Crippen LogP contribution is 2.09. The molecule has 0 aliphatic carbocycles. The van der Waals surface area contributed by atoms with Crippen molar-refractivity contribution in [2.45, 2.75) is 6.42 Å². The first-order valence-corrected chi connectivity index (χ1v) is 6.18. The summed E-state index contributed by atoms with van der Waals surface area (Å²) in [7, 11) is -1.70. The zero-order chi connectivity index (χ0) is 9.61. The van der Waals surface area contributed by atoms with Crippen LogP contribution in [-0.4, -0.2) is 34.4 Å². The van der Waals surface area contributed by atoms with E-state index in [-0.39, 0.29) is 13.0 Å². The van der Waals surface area contributed by atoms with Crippen molar-refractivity contribution in [1.82, 2.24) is 0 Å². The van der Waals surface area contributed by atoms with Crippen LogP contribution in [0.15, 0.2) is 0 Å². The predicted octanol–water partition coefficient (Wildman–Crippen LogP) is 0.174. The van der Waals surface area contributed by atoms with Crippen LogP contribution in [0.3, 0.4) is 0 Å². The van der Waals surface area contributed by atoms with Crippen molar-refractivity contribution in [3.05, 3.63) is 0 Å². The maximum Gasteiger partial charge on any atom is 0.321 e. The van der Waals surface area contributed by atoms with E-state index in [2.05, 4.69) is 8.92 Å². The van der Waals surface area contributed by atoms with Crippen molar-refractivity contribution in [3.8, 4) is 0 Å². The lowest BCUT2D eigenvalue weighted by Gasteiger charge is -2.00. The third-order valence-corrected chi connectivity index (χ3v) is 3.34. The number of methoxy groups -OCH3 is 1. The van der Waals surface area contributed by atoms with Gasteiger partial charge in [-0.25, -0.2) is 0 Å². The van der Waals surface area contributed by atoms with Crippen LogP contribution in [0.2, 0.25) is 0 Å². The minimum atomic E-state index is -3.51. The van der Waals surface area contributed by atoms with Gasteiger partial charge in [-0.15, -0.1) is 0 Å². The molecule has 0 radical (unpaired) electrons. The molecule has 0 unspecified atom stereocenters. The fourth-order valence-corrected chi connectivity index (χ4v) is 1.25. The molecule has 0 spiro atoms. The van der Waals surface area contributed by atoms with Gasteiger partial charge >= 0.3 is 15.1 Å². The molecule has 72 valence electrons. The summed E-state index contributed by atoms with van der Waals surface area (Å²) >= 11 is 0. The molecule has 0 heterocycles. The van der Waals surface area contributed by atoms with Crippen molar-refractivity contribution >= 4 is 25.9 Å². The molecule has 0 saturated heterocycles. The summed E-state index contributed by atoms with van der Waals surface area (Å²) in [5, 5.41) is 0. The Morgan fingerprint density at radius 3 is 2.50 bits per heavy atom. The first-order valence-electron chi connectivity index (χ1n) is 3.03. The molecule has 0 saturated carbocycles. The molecule has 5 nitrogen and oxygen atoms in total. The van der Waals surface area contributed by atoms with Gasteiger partial charge in [0, 0.05) is 0 Å². The van der Waals surface area contributed by atoms with Crippen LogP contribution in [0.5, 0.6) is 0 Å². The molecular weight excluding hydrogens is 204 g/mol. The van der Waals surface area contributed by atoms with Crippen molar-refractivity contribution in [2.24, 2.45) is 0 Å². The van der Waals surface area contributed by atoms with Gasteiger partial charge in [0.25, 0.3) is 0 Å². The van der Waals surface area contributed by atoms with Gasteiger partial charge in [0.05, 0.1) is 20.1 Å². The van der Waals surface area contributed by atoms with Gasteiger partial charge < -0.3 is 4.74 Å². The summed E-state index contributed by atoms with van der Waals surface area (Å²) in [5.41, 5.74) is 0. The van der Waals surface area contributed by atoms with Crippen LogP contribution in [0.25, 0.3) is 0 Å². The average molecular weight is 214 g/mol. The molecule has 12 heavy (non-hydrogen) atoms. The van der Waals surface area contributed by atoms with Crippen LogP contribution in [-0.2, 0) is 22.9 Å². The molecular formula is C5H10O5S2. The summed E-state index contributed by atoms with van der Waals surface area (Å²) in [6.07, 6.45) is 1.32. The molecule has 0 rings (SSSR count). The molecule has 0 aromatic heterocycles. The number of hydrogen-bond acceptors (Lipinski definition) is 6. The van der Waals surface area contributed by atoms with E-state index in [1.165, 1.54) is 13.4 Å². The summed E-state index contributed by atoms with van der Waals surface area (Å²) in [6, 6.07) is 0. The molecule has 0 bridgehead atoms. The molecule has 0 N–H and O–H groups in total. The molecule has 7 heteroatoms. The normalized spacial score (nSPS) is 11.2. The highest BCUT2D eigenvalue weighted by atomic mass is 33.1. The first kappa shape index (κ1) is 11.7. The van der Waals surface area contributed by atoms with Crippen LogP contribution in [0.1, 0.15) is 6.42 Å². The Hall–Kier alpha value is -0.270. The van der Waals surface area contributed by atoms with Crippen molar-refractivity contribution < 1.29 is 22.1 Å². The first-order chi connectivity index (χ1) is 5.52. The number of hydrogen-bond donors (Lipinski definition) is 0. The Morgan fingerprint density at radius 2 is 2.08 bits per heavy atom. The molecule has 0 aliphatic heterocycles. The van der Waals surface area contributed by atoms with E-state index in [9.17, 15) is 13.2 Å². The van der Waals surface area contributed by atoms with Gasteiger partial charge in [-0.05, 0) is 17.0 Å². The molecule has 0 amide bonds. The minimum absolute atomic E-state index is 0.0592. The largest absolute Gasteiger partial charge is 0.469 e. The zero-order valence-electron chi connectivity index (χ0n) is 6.77. The number of rotatable bonds is 5. The molecule has 0 aromatic carbocycles. The zero-order valence-corrected chi connectivity index (χ0v) is 8.40. The maximum absolute atomic E-state index is 10.7. The highest BCUT2D eigenvalue weighted by Gasteiger charge is 2.09. The molecule has 0 atom stereocenters.